The first-order valence-corrected chi connectivity index (χ1v) is 8.99. The Morgan fingerprint density at radius 3 is 2.14 bits per heavy atom. The number of carbonyl (C=O) groups is 1. The summed E-state index contributed by atoms with van der Waals surface area (Å²) in [6.07, 6.45) is 0. The minimum absolute atomic E-state index is 0.187. The molecule has 4 rings (SSSR count). The average molecular weight is 370 g/mol. The molecule has 28 heavy (non-hydrogen) atoms. The molecule has 0 unspecified atom stereocenters. The van der Waals surface area contributed by atoms with Gasteiger partial charge < -0.3 is 9.84 Å². The van der Waals surface area contributed by atoms with Crippen molar-refractivity contribution in [2.24, 2.45) is 0 Å². The van der Waals surface area contributed by atoms with Crippen LogP contribution in [0, 0.1) is 0 Å². The van der Waals surface area contributed by atoms with Crippen molar-refractivity contribution in [3.05, 3.63) is 78.4 Å². The number of hydrogen-bond donors (Lipinski definition) is 1. The van der Waals surface area contributed by atoms with E-state index in [4.69, 9.17) is 14.7 Å². The molecule has 0 aliphatic carbocycles. The normalized spacial score (nSPS) is 10.8. The highest BCUT2D eigenvalue weighted by Gasteiger charge is 2.14. The second-order valence-electron chi connectivity index (χ2n) is 6.25. The molecule has 1 N–H and O–H groups in total. The van der Waals surface area contributed by atoms with Gasteiger partial charge in [-0.2, -0.15) is 0 Å². The second kappa shape index (κ2) is 7.48. The van der Waals surface area contributed by atoms with Crippen molar-refractivity contribution in [1.29, 1.82) is 0 Å². The van der Waals surface area contributed by atoms with Crippen LogP contribution in [0.25, 0.3) is 33.5 Å². The van der Waals surface area contributed by atoms with E-state index in [2.05, 4.69) is 0 Å². The predicted molar refractivity (Wildman–Crippen MR) is 109 cm³/mol. The molecule has 3 aromatic carbocycles. The number of carboxylic acids is 1. The zero-order chi connectivity index (χ0) is 19.5. The lowest BCUT2D eigenvalue weighted by atomic mass is 10.0. The van der Waals surface area contributed by atoms with Crippen LogP contribution in [0.4, 0.5) is 0 Å². The lowest BCUT2D eigenvalue weighted by Gasteiger charge is -2.11. The SMILES string of the molecule is CCOc1ccc(-c2nc3cc(C(=O)O)ccc3nc2-c2ccccc2)cc1. The Bertz CT molecular complexity index is 1140. The number of benzene rings is 3. The highest BCUT2D eigenvalue weighted by atomic mass is 16.5. The molecule has 5 heteroatoms. The fourth-order valence-electron chi connectivity index (χ4n) is 3.06. The molecule has 0 spiro atoms. The van der Waals surface area contributed by atoms with Crippen LogP contribution in [0.5, 0.6) is 5.75 Å². The van der Waals surface area contributed by atoms with Gasteiger partial charge in [-0.15, -0.1) is 0 Å². The third-order valence-electron chi connectivity index (χ3n) is 4.40. The summed E-state index contributed by atoms with van der Waals surface area (Å²) in [6.45, 7) is 2.54. The zero-order valence-electron chi connectivity index (χ0n) is 15.3. The molecule has 0 aliphatic rings. The van der Waals surface area contributed by atoms with Gasteiger partial charge in [-0.1, -0.05) is 30.3 Å². The first-order chi connectivity index (χ1) is 13.7. The molecule has 1 aromatic heterocycles. The van der Waals surface area contributed by atoms with E-state index < -0.39 is 5.97 Å². The highest BCUT2D eigenvalue weighted by Crippen LogP contribution is 2.32. The Morgan fingerprint density at radius 2 is 1.50 bits per heavy atom. The Hall–Kier alpha value is -3.73. The lowest BCUT2D eigenvalue weighted by molar-refractivity contribution is 0.0697. The van der Waals surface area contributed by atoms with Crippen molar-refractivity contribution in [1.82, 2.24) is 9.97 Å². The summed E-state index contributed by atoms with van der Waals surface area (Å²) in [4.78, 5) is 20.9. The van der Waals surface area contributed by atoms with Crippen molar-refractivity contribution < 1.29 is 14.6 Å². The number of nitrogens with zero attached hydrogens (tertiary/aromatic N) is 2. The van der Waals surface area contributed by atoms with Crippen molar-refractivity contribution in [2.45, 2.75) is 6.92 Å². The van der Waals surface area contributed by atoms with Crippen molar-refractivity contribution in [3.8, 4) is 28.3 Å². The Balaban J connectivity index is 1.93. The predicted octanol–water partition coefficient (Wildman–Crippen LogP) is 5.06. The molecule has 0 saturated carbocycles. The van der Waals surface area contributed by atoms with Gasteiger partial charge in [-0.25, -0.2) is 14.8 Å². The molecular formula is C23H18N2O3. The Morgan fingerprint density at radius 1 is 0.857 bits per heavy atom. The number of aromatic nitrogens is 2. The van der Waals surface area contributed by atoms with Gasteiger partial charge >= 0.3 is 5.97 Å². The third kappa shape index (κ3) is 3.42. The highest BCUT2D eigenvalue weighted by molar-refractivity contribution is 5.94. The monoisotopic (exact) mass is 370 g/mol. The van der Waals surface area contributed by atoms with E-state index in [0.717, 1.165) is 22.6 Å². The summed E-state index contributed by atoms with van der Waals surface area (Å²) in [7, 11) is 0. The van der Waals surface area contributed by atoms with E-state index >= 15 is 0 Å². The molecule has 1 heterocycles. The van der Waals surface area contributed by atoms with Crippen LogP contribution < -0.4 is 4.74 Å². The topological polar surface area (TPSA) is 72.3 Å². The van der Waals surface area contributed by atoms with Crippen LogP contribution in [0.1, 0.15) is 17.3 Å². The summed E-state index contributed by atoms with van der Waals surface area (Å²) >= 11 is 0. The van der Waals surface area contributed by atoms with Crippen molar-refractivity contribution in [3.63, 3.8) is 0 Å². The largest absolute Gasteiger partial charge is 0.494 e. The Labute approximate surface area is 162 Å². The van der Waals surface area contributed by atoms with E-state index in [1.54, 1.807) is 18.2 Å². The van der Waals surface area contributed by atoms with Gasteiger partial charge in [0.25, 0.3) is 0 Å². The van der Waals surface area contributed by atoms with Gasteiger partial charge in [0, 0.05) is 11.1 Å². The smallest absolute Gasteiger partial charge is 0.335 e. The zero-order valence-corrected chi connectivity index (χ0v) is 15.3. The minimum atomic E-state index is -0.988. The van der Waals surface area contributed by atoms with Gasteiger partial charge in [0.15, 0.2) is 0 Å². The molecule has 138 valence electrons. The maximum atomic E-state index is 11.3. The van der Waals surface area contributed by atoms with Crippen molar-refractivity contribution in [2.75, 3.05) is 6.61 Å². The van der Waals surface area contributed by atoms with Crippen LogP contribution in [0.3, 0.4) is 0 Å². The van der Waals surface area contributed by atoms with E-state index in [-0.39, 0.29) is 5.56 Å². The molecule has 0 fully saturated rings. The number of ether oxygens (including phenoxy) is 1. The van der Waals surface area contributed by atoms with Crippen LogP contribution in [-0.4, -0.2) is 27.7 Å². The lowest BCUT2D eigenvalue weighted by Crippen LogP contribution is -1.99. The van der Waals surface area contributed by atoms with Crippen LogP contribution in [0.15, 0.2) is 72.8 Å². The maximum absolute atomic E-state index is 11.3. The van der Waals surface area contributed by atoms with E-state index in [9.17, 15) is 9.90 Å². The summed E-state index contributed by atoms with van der Waals surface area (Å²) in [5.74, 6) is -0.201. The second-order valence-corrected chi connectivity index (χ2v) is 6.25. The first-order valence-electron chi connectivity index (χ1n) is 8.99. The summed E-state index contributed by atoms with van der Waals surface area (Å²) in [5.41, 5.74) is 4.67. The average Bonchev–Trinajstić information content (AvgIpc) is 2.74. The van der Waals surface area contributed by atoms with E-state index in [0.29, 0.717) is 23.3 Å². The van der Waals surface area contributed by atoms with Crippen LogP contribution in [0.2, 0.25) is 0 Å². The summed E-state index contributed by atoms with van der Waals surface area (Å²) in [5, 5.41) is 9.28. The molecule has 0 radical (unpaired) electrons. The van der Waals surface area contributed by atoms with Gasteiger partial charge in [0.1, 0.15) is 5.75 Å². The minimum Gasteiger partial charge on any atom is -0.494 e. The van der Waals surface area contributed by atoms with Crippen LogP contribution in [-0.2, 0) is 0 Å². The molecule has 0 amide bonds. The number of carboxylic acid groups (broad SMARTS) is 1. The number of fused-ring (bicyclic) bond motifs is 1. The molecule has 0 atom stereocenters. The quantitative estimate of drug-likeness (QED) is 0.531. The van der Waals surface area contributed by atoms with Crippen LogP contribution >= 0.6 is 0 Å². The third-order valence-corrected chi connectivity index (χ3v) is 4.40. The number of aromatic carboxylic acids is 1. The number of hydrogen-bond acceptors (Lipinski definition) is 4. The van der Waals surface area contributed by atoms with Gasteiger partial charge in [-0.05, 0) is 49.4 Å². The van der Waals surface area contributed by atoms with Gasteiger partial charge in [-0.3, -0.25) is 0 Å². The molecule has 5 nitrogen and oxygen atoms in total. The summed E-state index contributed by atoms with van der Waals surface area (Å²) in [6, 6.07) is 22.3. The number of rotatable bonds is 5. The maximum Gasteiger partial charge on any atom is 0.335 e. The van der Waals surface area contributed by atoms with Crippen molar-refractivity contribution >= 4 is 17.0 Å². The first kappa shape index (κ1) is 17.7. The standard InChI is InChI=1S/C23H18N2O3/c1-2-28-18-11-8-16(9-12-18)22-21(15-6-4-3-5-7-15)24-19-13-10-17(23(26)27)14-20(19)25-22/h3-14H,2H2,1H3,(H,26,27). The fourth-order valence-corrected chi connectivity index (χ4v) is 3.06. The molecule has 4 aromatic rings. The molecule has 0 bridgehead atoms. The summed E-state index contributed by atoms with van der Waals surface area (Å²) < 4.78 is 5.52. The molecule has 0 aliphatic heterocycles. The molecular weight excluding hydrogens is 352 g/mol. The van der Waals surface area contributed by atoms with E-state index in [1.807, 2.05) is 61.5 Å². The van der Waals surface area contributed by atoms with Gasteiger partial charge in [0.05, 0.1) is 34.6 Å². The Kier molecular flexibility index (Phi) is 4.72. The van der Waals surface area contributed by atoms with Gasteiger partial charge in [0.2, 0.25) is 0 Å². The fraction of sp³-hybridized carbons (Fsp3) is 0.0870. The molecule has 0 saturated heterocycles. The van der Waals surface area contributed by atoms with E-state index in [1.165, 1.54) is 0 Å².